The molecular weight excluding hydrogens is 1640 g/mol. The molecule has 5 rings (SSSR count). The number of H-pyrrole nitrogens is 1. The highest BCUT2D eigenvalue weighted by Crippen LogP contribution is 2.26. The molecule has 694 valence electrons. The van der Waals surface area contributed by atoms with Crippen molar-refractivity contribution in [3.63, 3.8) is 0 Å². The van der Waals surface area contributed by atoms with E-state index < -0.39 is 174 Å². The third kappa shape index (κ3) is 36.9. The van der Waals surface area contributed by atoms with E-state index in [0.29, 0.717) is 56.4 Å². The first-order valence-electron chi connectivity index (χ1n) is 44.3. The second kappa shape index (κ2) is 57.1. The van der Waals surface area contributed by atoms with Gasteiger partial charge in [0, 0.05) is 76.1 Å². The molecule has 4 heterocycles. The average molecular weight is 1780 g/mol. The van der Waals surface area contributed by atoms with Crippen molar-refractivity contribution in [2.24, 2.45) is 39.8 Å². The van der Waals surface area contributed by atoms with Gasteiger partial charge in [-0.1, -0.05) is 142 Å². The number of thiol groups is 1. The van der Waals surface area contributed by atoms with Crippen LogP contribution in [-0.4, -0.2) is 265 Å². The maximum atomic E-state index is 14.8. The van der Waals surface area contributed by atoms with E-state index in [2.05, 4.69) is 87.7 Å². The van der Waals surface area contributed by atoms with E-state index in [1.54, 1.807) is 64.3 Å². The minimum atomic E-state index is -1.79. The molecule has 14 amide bonds. The first kappa shape index (κ1) is 105. The van der Waals surface area contributed by atoms with Crippen molar-refractivity contribution in [3.05, 3.63) is 54.1 Å². The number of carboxylic acid groups (broad SMARTS) is 1. The van der Waals surface area contributed by atoms with Crippen LogP contribution in [0.3, 0.4) is 0 Å². The second-order valence-corrected chi connectivity index (χ2v) is 34.6. The predicted octanol–water partition coefficient (Wildman–Crippen LogP) is 1.41. The summed E-state index contributed by atoms with van der Waals surface area (Å²) in [5.41, 5.74) is 24.2. The molecule has 37 nitrogen and oxygen atoms in total. The van der Waals surface area contributed by atoms with E-state index in [-0.39, 0.29) is 133 Å². The van der Waals surface area contributed by atoms with Crippen LogP contribution in [-0.2, 0) is 84.8 Å². The number of primary amides is 1. The molecular formula is C85H140N20O17S2. The van der Waals surface area contributed by atoms with Gasteiger partial charge in [0.2, 0.25) is 82.7 Å². The number of benzene rings is 1. The highest BCUT2D eigenvalue weighted by molar-refractivity contribution is 7.98. The first-order valence-corrected chi connectivity index (χ1v) is 46.3. The fraction of sp³-hybridized carbons (Fsp3) is 0.706. The molecule has 0 saturated carbocycles. The Kier molecular flexibility index (Phi) is 48.3. The number of aliphatic imine (C=N–C) groups is 1. The van der Waals surface area contributed by atoms with Gasteiger partial charge < -0.3 is 106 Å². The van der Waals surface area contributed by atoms with Crippen molar-refractivity contribution in [2.45, 2.75) is 312 Å². The van der Waals surface area contributed by atoms with E-state index in [0.717, 1.165) is 24.8 Å². The Bertz CT molecular complexity index is 3770. The van der Waals surface area contributed by atoms with Crippen LogP contribution in [0.5, 0.6) is 0 Å². The monoisotopic (exact) mass is 1780 g/mol. The Morgan fingerprint density at radius 3 is 1.62 bits per heavy atom. The lowest BCUT2D eigenvalue weighted by molar-refractivity contribution is -0.144. The smallest absolute Gasteiger partial charge is 0.326 e. The summed E-state index contributed by atoms with van der Waals surface area (Å²) in [6.45, 7) is 8.74. The van der Waals surface area contributed by atoms with E-state index in [1.165, 1.54) is 96.8 Å². The molecule has 0 spiro atoms. The molecule has 3 saturated heterocycles. The Morgan fingerprint density at radius 1 is 0.540 bits per heavy atom. The summed E-state index contributed by atoms with van der Waals surface area (Å²) >= 11 is 5.73. The van der Waals surface area contributed by atoms with Gasteiger partial charge in [-0.15, -0.1) is 0 Å². The standard InChI is InChI=1S/C85H140N20O17S2/c1-7-8-9-10-11-12-13-14-15-16-17-18-22-36-70(108)94-60(84(121)122)37-38-69(107)91-40-24-23-31-57(86)73(110)101-65(51-123)78(115)96-59(39-45-124-6)81(118)104-43-27-34-67(104)79(116)98-61(46-53(2)3)75(112)97-62(48-56-49-90-52-93-56)76(113)100-64(50-106)77(114)95-58(32-25-41-92-85(88)89)74(111)102-71(54(4)5)83(120)105-44-28-35-68(105)80(117)99-63(47-55-29-20-19-21-30-55)82(119)103-42-26-33-66(103)72(87)109/h19-21,29-30,49,52-54,57-68,71,106,123H,7-18,22-28,31-48,50-51,86H2,1-6H3,(H2,87,109)(H,90,93)(H,91,107)(H,94,108)(H,95,114)(H,96,115)(H,97,112)(H,98,116)(H,99,117)(H,100,113)(H,101,110)(H,102,111)(H,121,122)(H4,88,89,92)/t57-,58-,59-,60-,61-,62-,63-,64-,65-,66-,67-,68-,71-/m0/s1. The number of aliphatic hydroxyl groups excluding tert-OH is 1. The lowest BCUT2D eigenvalue weighted by Crippen LogP contribution is -2.62. The molecule has 3 aliphatic rings. The van der Waals surface area contributed by atoms with Crippen molar-refractivity contribution in [1.29, 1.82) is 0 Å². The van der Waals surface area contributed by atoms with Crippen molar-refractivity contribution in [3.8, 4) is 0 Å². The van der Waals surface area contributed by atoms with Gasteiger partial charge in [-0.05, 0) is 126 Å². The molecule has 3 aliphatic heterocycles. The summed E-state index contributed by atoms with van der Waals surface area (Å²) in [6, 6.07) is -7.45. The van der Waals surface area contributed by atoms with Crippen LogP contribution in [0.1, 0.15) is 232 Å². The van der Waals surface area contributed by atoms with Crippen molar-refractivity contribution in [2.75, 3.05) is 57.1 Å². The number of guanidine groups is 1. The van der Waals surface area contributed by atoms with E-state index >= 15 is 0 Å². The summed E-state index contributed by atoms with van der Waals surface area (Å²) in [5.74, 6) is -11.9. The minimum absolute atomic E-state index is 0.0121. The van der Waals surface area contributed by atoms with Crippen LogP contribution in [0.2, 0.25) is 0 Å². The molecule has 21 N–H and O–H groups in total. The van der Waals surface area contributed by atoms with Gasteiger partial charge in [0.05, 0.1) is 19.0 Å². The van der Waals surface area contributed by atoms with Crippen LogP contribution in [0, 0.1) is 11.8 Å². The van der Waals surface area contributed by atoms with Crippen LogP contribution < -0.4 is 76.1 Å². The normalized spacial score (nSPS) is 17.4. The van der Waals surface area contributed by atoms with Crippen LogP contribution in [0.15, 0.2) is 47.8 Å². The number of aromatic amines is 1. The lowest BCUT2D eigenvalue weighted by atomic mass is 10.0. The molecule has 124 heavy (non-hydrogen) atoms. The molecule has 0 bridgehead atoms. The highest BCUT2D eigenvalue weighted by Gasteiger charge is 2.45. The van der Waals surface area contributed by atoms with Crippen LogP contribution in [0.25, 0.3) is 0 Å². The van der Waals surface area contributed by atoms with Crippen molar-refractivity contribution >= 4 is 119 Å². The van der Waals surface area contributed by atoms with Gasteiger partial charge in [0.15, 0.2) is 5.96 Å². The molecule has 1 aromatic carbocycles. The Morgan fingerprint density at radius 2 is 1.06 bits per heavy atom. The number of carbonyl (C=O) groups excluding carboxylic acids is 14. The zero-order valence-corrected chi connectivity index (χ0v) is 74.9. The summed E-state index contributed by atoms with van der Waals surface area (Å²) in [5, 5.41) is 47.4. The number of carboxylic acids is 1. The van der Waals surface area contributed by atoms with Gasteiger partial charge in [-0.25, -0.2) is 9.78 Å². The number of aliphatic hydroxyl groups is 1. The Balaban J connectivity index is 1.17. The molecule has 0 aliphatic carbocycles. The number of unbranched alkanes of at least 4 members (excludes halogenated alkanes) is 13. The third-order valence-corrected chi connectivity index (χ3v) is 23.5. The first-order chi connectivity index (χ1) is 59.3. The number of imidazole rings is 1. The third-order valence-electron chi connectivity index (χ3n) is 22.5. The Hall–Kier alpha value is -9.63. The number of likely N-dealkylation sites (tertiary alicyclic amines) is 3. The molecule has 13 atom stereocenters. The lowest BCUT2D eigenvalue weighted by Gasteiger charge is -2.33. The number of carbonyl (C=O) groups is 15. The number of aliphatic carboxylic acids is 1. The van der Waals surface area contributed by atoms with E-state index in [9.17, 15) is 82.1 Å². The topological polar surface area (TPSA) is 572 Å². The molecule has 0 radical (unpaired) electrons. The second-order valence-electron chi connectivity index (χ2n) is 33.3. The largest absolute Gasteiger partial charge is 0.480 e. The van der Waals surface area contributed by atoms with Gasteiger partial charge in [-0.3, -0.25) is 72.1 Å². The zero-order valence-electron chi connectivity index (χ0n) is 73.2. The quantitative estimate of drug-likeness (QED) is 0.0193. The van der Waals surface area contributed by atoms with Crippen LogP contribution >= 0.6 is 24.4 Å². The number of hydrogen-bond acceptors (Lipinski definition) is 21. The fourth-order valence-electron chi connectivity index (χ4n) is 15.5. The number of amides is 14. The predicted molar refractivity (Wildman–Crippen MR) is 473 cm³/mol. The van der Waals surface area contributed by atoms with E-state index in [1.807, 2.05) is 0 Å². The zero-order chi connectivity index (χ0) is 91.2. The maximum absolute atomic E-state index is 14.8. The minimum Gasteiger partial charge on any atom is -0.480 e. The van der Waals surface area contributed by atoms with Crippen molar-refractivity contribution < 1.29 is 82.1 Å². The number of nitrogens with one attached hydrogen (secondary N) is 11. The number of nitrogens with two attached hydrogens (primary N) is 4. The molecule has 0 unspecified atom stereocenters. The number of thioether (sulfide) groups is 1. The summed E-state index contributed by atoms with van der Waals surface area (Å²) in [4.78, 5) is 223. The molecule has 3 fully saturated rings. The van der Waals surface area contributed by atoms with Gasteiger partial charge in [-0.2, -0.15) is 24.4 Å². The summed E-state index contributed by atoms with van der Waals surface area (Å²) in [7, 11) is 0. The maximum Gasteiger partial charge on any atom is 0.326 e. The highest BCUT2D eigenvalue weighted by atomic mass is 32.2. The summed E-state index contributed by atoms with van der Waals surface area (Å²) in [6.07, 6.45) is 22.3. The number of nitrogens with zero attached hydrogens (tertiary/aromatic N) is 5. The van der Waals surface area contributed by atoms with Crippen molar-refractivity contribution in [1.82, 2.24) is 77.8 Å². The molecule has 1 aromatic heterocycles. The van der Waals surface area contributed by atoms with Gasteiger partial charge >= 0.3 is 5.97 Å². The number of aromatic nitrogens is 2. The fourth-order valence-corrected chi connectivity index (χ4v) is 16.2. The van der Waals surface area contributed by atoms with Crippen LogP contribution in [0.4, 0.5) is 0 Å². The van der Waals surface area contributed by atoms with Gasteiger partial charge in [0.1, 0.15) is 72.5 Å². The average Bonchev–Trinajstić information content (AvgIpc) is 1.64. The summed E-state index contributed by atoms with van der Waals surface area (Å²) < 4.78 is 0. The molecule has 39 heteroatoms. The number of rotatable bonds is 60. The Labute approximate surface area is 738 Å². The number of hydrogen-bond donors (Lipinski definition) is 18. The van der Waals surface area contributed by atoms with E-state index in [4.69, 9.17) is 22.9 Å². The van der Waals surface area contributed by atoms with Gasteiger partial charge in [0.25, 0.3) is 0 Å². The SMILES string of the molecule is CCCCCCCCCCCCCCCC(=O)N[C@@H](CCC(=O)NCCCC[C@H](N)C(=O)N[C@@H](CS)C(=O)N[C@@H](CCSC)C(=O)N1CCC[C@H]1C(=O)N[C@@H](CC(C)C)C(=O)N[C@@H](Cc1cnc[nH]1)C(=O)N[C@@H](CO)C(=O)N[C@@H](CCCN=C(N)N)C(=O)N[C@H](C(=O)N1CCC[C@H]1C(=O)N[C@@H](Cc1ccccc1)C(=O)N1CCC[C@H]1C(N)=O)C(C)C)C(=O)O. The molecule has 2 aromatic rings.